The van der Waals surface area contributed by atoms with Crippen molar-refractivity contribution in [1.29, 1.82) is 0 Å². The van der Waals surface area contributed by atoms with E-state index in [1.807, 2.05) is 16.8 Å². The molecule has 0 amide bonds. The van der Waals surface area contributed by atoms with Crippen molar-refractivity contribution in [3.05, 3.63) is 45.7 Å². The number of anilines is 1. The number of rotatable bonds is 7. The number of aliphatic hydroxyl groups excluding tert-OH is 1. The Kier molecular flexibility index (Phi) is 6.99. The Morgan fingerprint density at radius 2 is 1.97 bits per heavy atom. The third-order valence-electron chi connectivity index (χ3n) is 8.59. The number of nitrogen functional groups attached to an aromatic ring is 1. The van der Waals surface area contributed by atoms with Gasteiger partial charge in [-0.05, 0) is 91.8 Å². The van der Waals surface area contributed by atoms with Gasteiger partial charge in [-0.25, -0.2) is 15.0 Å². The van der Waals surface area contributed by atoms with Gasteiger partial charge in [0.05, 0.1) is 34.1 Å². The SMILES string of the molecule is CN(C[C@@H]1C[C@@H](O)[C@H](n2ccc3c(N)ncnc32)C1)C1CC(CCc2nc3cc(I)c(C(F)(F)F)cc3[nH]2)C1. The van der Waals surface area contributed by atoms with Crippen LogP contribution in [0.25, 0.3) is 22.1 Å². The van der Waals surface area contributed by atoms with Gasteiger partial charge in [-0.1, -0.05) is 0 Å². The second kappa shape index (κ2) is 10.2. The van der Waals surface area contributed by atoms with Crippen LogP contribution in [-0.2, 0) is 12.6 Å². The summed E-state index contributed by atoms with van der Waals surface area (Å²) in [7, 11) is 2.17. The number of alkyl halides is 3. The van der Waals surface area contributed by atoms with Crippen LogP contribution in [0.2, 0.25) is 0 Å². The minimum absolute atomic E-state index is 0.0244. The minimum Gasteiger partial charge on any atom is -0.391 e. The number of nitrogens with one attached hydrogen (secondary N) is 1. The highest BCUT2D eigenvalue weighted by Gasteiger charge is 2.38. The van der Waals surface area contributed by atoms with Gasteiger partial charge in [-0.3, -0.25) is 0 Å². The van der Waals surface area contributed by atoms with E-state index in [0.717, 1.165) is 68.0 Å². The Labute approximate surface area is 237 Å². The third-order valence-corrected chi connectivity index (χ3v) is 9.48. The lowest BCUT2D eigenvalue weighted by Gasteiger charge is -2.42. The molecule has 0 bridgehead atoms. The summed E-state index contributed by atoms with van der Waals surface area (Å²) in [5.74, 6) is 2.17. The number of aliphatic hydroxyl groups is 1. The number of aromatic nitrogens is 5. The summed E-state index contributed by atoms with van der Waals surface area (Å²) in [4.78, 5) is 18.5. The topological polar surface area (TPSA) is 109 Å². The number of fused-ring (bicyclic) bond motifs is 2. The van der Waals surface area contributed by atoms with Crippen LogP contribution >= 0.6 is 22.6 Å². The van der Waals surface area contributed by atoms with Crippen molar-refractivity contribution < 1.29 is 18.3 Å². The number of aryl methyl sites for hydroxylation is 1. The maximum absolute atomic E-state index is 13.2. The summed E-state index contributed by atoms with van der Waals surface area (Å²) in [6.45, 7) is 0.936. The lowest BCUT2D eigenvalue weighted by molar-refractivity contribution is -0.138. The lowest BCUT2D eigenvalue weighted by Crippen LogP contribution is -2.44. The number of halogens is 4. The Balaban J connectivity index is 0.998. The molecule has 0 unspecified atom stereocenters. The van der Waals surface area contributed by atoms with Crippen LogP contribution in [0.3, 0.4) is 0 Å². The molecule has 3 aromatic heterocycles. The zero-order valence-electron chi connectivity index (χ0n) is 21.5. The minimum atomic E-state index is -4.37. The van der Waals surface area contributed by atoms with Gasteiger partial charge in [0.2, 0.25) is 0 Å². The van der Waals surface area contributed by atoms with Crippen molar-refractivity contribution in [1.82, 2.24) is 29.4 Å². The molecule has 0 aliphatic heterocycles. The molecule has 208 valence electrons. The Morgan fingerprint density at radius 1 is 1.18 bits per heavy atom. The first-order valence-electron chi connectivity index (χ1n) is 13.3. The zero-order chi connectivity index (χ0) is 27.5. The Bertz CT molecular complexity index is 1500. The smallest absolute Gasteiger partial charge is 0.391 e. The summed E-state index contributed by atoms with van der Waals surface area (Å²) in [5.41, 5.74) is 7.13. The Hall–Kier alpha value is -2.45. The quantitative estimate of drug-likeness (QED) is 0.238. The summed E-state index contributed by atoms with van der Waals surface area (Å²) in [5, 5.41) is 11.7. The zero-order valence-corrected chi connectivity index (χ0v) is 23.7. The molecule has 4 aromatic rings. The fraction of sp³-hybridized carbons (Fsp3) is 0.519. The molecule has 2 saturated carbocycles. The molecule has 1 aromatic carbocycles. The van der Waals surface area contributed by atoms with E-state index in [-0.39, 0.29) is 9.61 Å². The number of nitrogens with zero attached hydrogens (tertiary/aromatic N) is 5. The van der Waals surface area contributed by atoms with Gasteiger partial charge in [-0.15, -0.1) is 0 Å². The highest BCUT2D eigenvalue weighted by molar-refractivity contribution is 14.1. The molecule has 39 heavy (non-hydrogen) atoms. The molecule has 4 N–H and O–H groups in total. The highest BCUT2D eigenvalue weighted by atomic mass is 127. The van der Waals surface area contributed by atoms with E-state index < -0.39 is 17.8 Å². The largest absolute Gasteiger partial charge is 0.417 e. The predicted molar refractivity (Wildman–Crippen MR) is 151 cm³/mol. The van der Waals surface area contributed by atoms with Gasteiger partial charge in [0.15, 0.2) is 0 Å². The molecular weight excluding hydrogens is 622 g/mol. The van der Waals surface area contributed by atoms with Gasteiger partial charge in [-0.2, -0.15) is 13.2 Å². The van der Waals surface area contributed by atoms with Crippen LogP contribution in [-0.4, -0.2) is 60.2 Å². The monoisotopic (exact) mass is 653 g/mol. The number of imidazole rings is 1. The number of hydrogen-bond donors (Lipinski definition) is 3. The second-order valence-corrected chi connectivity index (χ2v) is 12.4. The van der Waals surface area contributed by atoms with Crippen LogP contribution in [0, 0.1) is 15.4 Å². The molecule has 0 spiro atoms. The van der Waals surface area contributed by atoms with E-state index in [9.17, 15) is 18.3 Å². The molecule has 2 fully saturated rings. The lowest BCUT2D eigenvalue weighted by atomic mass is 9.76. The molecule has 0 saturated heterocycles. The van der Waals surface area contributed by atoms with Gasteiger partial charge in [0, 0.05) is 28.8 Å². The fourth-order valence-electron chi connectivity index (χ4n) is 6.41. The van der Waals surface area contributed by atoms with Crippen molar-refractivity contribution in [3.8, 4) is 0 Å². The van der Waals surface area contributed by atoms with Crippen molar-refractivity contribution >= 4 is 50.5 Å². The normalized spacial score (nSPS) is 25.7. The van der Waals surface area contributed by atoms with Crippen LogP contribution < -0.4 is 5.73 Å². The van der Waals surface area contributed by atoms with E-state index >= 15 is 0 Å². The molecule has 8 nitrogen and oxygen atoms in total. The first-order valence-corrected chi connectivity index (χ1v) is 14.4. The number of hydrogen-bond acceptors (Lipinski definition) is 6. The molecule has 12 heteroatoms. The summed E-state index contributed by atoms with van der Waals surface area (Å²) < 4.78 is 41.9. The van der Waals surface area contributed by atoms with Crippen LogP contribution in [0.4, 0.5) is 19.0 Å². The van der Waals surface area contributed by atoms with E-state index in [1.165, 1.54) is 12.4 Å². The van der Waals surface area contributed by atoms with Crippen molar-refractivity contribution in [2.75, 3.05) is 19.3 Å². The first-order chi connectivity index (χ1) is 18.6. The maximum atomic E-state index is 13.2. The molecule has 3 heterocycles. The van der Waals surface area contributed by atoms with Gasteiger partial charge in [0.1, 0.15) is 23.6 Å². The van der Waals surface area contributed by atoms with Gasteiger partial charge >= 0.3 is 6.18 Å². The number of benzene rings is 1. The number of H-pyrrole nitrogens is 1. The van der Waals surface area contributed by atoms with Crippen molar-refractivity contribution in [2.24, 2.45) is 11.8 Å². The standard InChI is InChI=1S/C27H31F3IN7O/c1-37(12-15-8-22(23(39)9-15)38-5-4-17-25(32)33-13-34-26(17)38)16-6-14(7-16)2-3-24-35-20-10-18(27(28,29)30)19(31)11-21(20)36-24/h4-5,10-11,13-16,22-23,39H,2-3,6-9,12H2,1H3,(H,35,36)(H2,32,33,34)/t14?,15-,16?,22+,23+/m0/s1. The predicted octanol–water partition coefficient (Wildman–Crippen LogP) is 5.17. The van der Waals surface area contributed by atoms with Crippen LogP contribution in [0.1, 0.15) is 49.5 Å². The van der Waals surface area contributed by atoms with Crippen molar-refractivity contribution in [2.45, 2.75) is 62.9 Å². The molecule has 6 rings (SSSR count). The van der Waals surface area contributed by atoms with Gasteiger partial charge < -0.3 is 25.3 Å². The number of aromatic amines is 1. The van der Waals surface area contributed by atoms with E-state index in [1.54, 1.807) is 22.6 Å². The average Bonchev–Trinajstić information content (AvgIpc) is 3.53. The second-order valence-electron chi connectivity index (χ2n) is 11.2. The van der Waals surface area contributed by atoms with Crippen molar-refractivity contribution in [3.63, 3.8) is 0 Å². The molecular formula is C27H31F3IN7O. The van der Waals surface area contributed by atoms with Crippen LogP contribution in [0.5, 0.6) is 0 Å². The van der Waals surface area contributed by atoms with E-state index in [0.29, 0.717) is 34.7 Å². The number of nitrogens with two attached hydrogens (primary N) is 1. The highest BCUT2D eigenvalue weighted by Crippen LogP contribution is 2.40. The maximum Gasteiger partial charge on any atom is 0.417 e. The summed E-state index contributed by atoms with van der Waals surface area (Å²) >= 11 is 1.72. The summed E-state index contributed by atoms with van der Waals surface area (Å²) in [6.07, 6.45) is 4.14. The Morgan fingerprint density at radius 3 is 2.74 bits per heavy atom. The summed E-state index contributed by atoms with van der Waals surface area (Å²) in [6, 6.07) is 5.06. The molecule has 0 radical (unpaired) electrons. The fourth-order valence-corrected chi connectivity index (χ4v) is 7.17. The van der Waals surface area contributed by atoms with E-state index in [2.05, 4.69) is 31.9 Å². The van der Waals surface area contributed by atoms with Crippen LogP contribution in [0.15, 0.2) is 30.7 Å². The molecule has 2 aliphatic carbocycles. The average molecular weight is 653 g/mol. The van der Waals surface area contributed by atoms with E-state index in [4.69, 9.17) is 5.73 Å². The first kappa shape index (κ1) is 26.8. The molecule has 2 aliphatic rings. The van der Waals surface area contributed by atoms with Gasteiger partial charge in [0.25, 0.3) is 0 Å². The third kappa shape index (κ3) is 5.22. The molecule has 3 atom stereocenters.